The summed E-state index contributed by atoms with van der Waals surface area (Å²) in [6.45, 7) is 1.63. The van der Waals surface area contributed by atoms with E-state index in [4.69, 9.17) is 5.73 Å². The molecule has 0 bridgehead atoms. The van der Waals surface area contributed by atoms with E-state index < -0.39 is 11.4 Å². The van der Waals surface area contributed by atoms with Gasteiger partial charge in [0.05, 0.1) is 0 Å². The third-order valence-electron chi connectivity index (χ3n) is 3.25. The van der Waals surface area contributed by atoms with Crippen LogP contribution in [0.15, 0.2) is 48.5 Å². The van der Waals surface area contributed by atoms with Gasteiger partial charge in [-0.3, -0.25) is 4.79 Å². The molecule has 3 nitrogen and oxygen atoms in total. The van der Waals surface area contributed by atoms with Gasteiger partial charge >= 0.3 is 0 Å². The predicted molar refractivity (Wildman–Crippen MR) is 77.7 cm³/mol. The van der Waals surface area contributed by atoms with E-state index in [1.807, 2.05) is 0 Å². The maximum atomic E-state index is 13.2. The second-order valence-corrected chi connectivity index (χ2v) is 5.13. The first-order valence-corrected chi connectivity index (χ1v) is 6.47. The molecule has 0 saturated carbocycles. The SMILES string of the molecule is CC(Cc1cccc(F)c1)(Nc1ccc(F)cc1)C(N)=O. The summed E-state index contributed by atoms with van der Waals surface area (Å²) >= 11 is 0. The molecule has 0 aliphatic carbocycles. The van der Waals surface area contributed by atoms with E-state index in [1.165, 1.54) is 36.4 Å². The lowest BCUT2D eigenvalue weighted by Crippen LogP contribution is -2.49. The molecule has 2 aromatic rings. The van der Waals surface area contributed by atoms with Crippen molar-refractivity contribution in [3.05, 3.63) is 65.7 Å². The average Bonchev–Trinajstić information content (AvgIpc) is 2.41. The lowest BCUT2D eigenvalue weighted by Gasteiger charge is -2.29. The Balaban J connectivity index is 2.23. The Morgan fingerprint density at radius 1 is 1.14 bits per heavy atom. The minimum absolute atomic E-state index is 0.220. The maximum absolute atomic E-state index is 13.2. The molecule has 110 valence electrons. The quantitative estimate of drug-likeness (QED) is 0.889. The number of carbonyl (C=O) groups is 1. The minimum Gasteiger partial charge on any atom is -0.371 e. The predicted octanol–water partition coefficient (Wildman–Crippen LogP) is 2.86. The van der Waals surface area contributed by atoms with Crippen molar-refractivity contribution in [1.29, 1.82) is 0 Å². The van der Waals surface area contributed by atoms with Crippen molar-refractivity contribution in [2.24, 2.45) is 5.73 Å². The smallest absolute Gasteiger partial charge is 0.243 e. The number of nitrogens with one attached hydrogen (secondary N) is 1. The van der Waals surface area contributed by atoms with Crippen LogP contribution in [0, 0.1) is 11.6 Å². The molecule has 2 rings (SSSR count). The topological polar surface area (TPSA) is 55.1 Å². The minimum atomic E-state index is -1.11. The molecule has 21 heavy (non-hydrogen) atoms. The monoisotopic (exact) mass is 290 g/mol. The number of rotatable bonds is 5. The summed E-state index contributed by atoms with van der Waals surface area (Å²) in [6.07, 6.45) is 0.220. The Morgan fingerprint density at radius 2 is 1.81 bits per heavy atom. The lowest BCUT2D eigenvalue weighted by atomic mass is 9.91. The highest BCUT2D eigenvalue weighted by Gasteiger charge is 2.31. The number of amides is 1. The van der Waals surface area contributed by atoms with Gasteiger partial charge in [-0.05, 0) is 48.9 Å². The maximum Gasteiger partial charge on any atom is 0.243 e. The molecule has 0 radical (unpaired) electrons. The van der Waals surface area contributed by atoms with E-state index in [2.05, 4.69) is 5.32 Å². The summed E-state index contributed by atoms with van der Waals surface area (Å²) in [5, 5.41) is 2.99. The van der Waals surface area contributed by atoms with E-state index in [0.717, 1.165) is 0 Å². The molecule has 0 fully saturated rings. The lowest BCUT2D eigenvalue weighted by molar-refractivity contribution is -0.121. The second kappa shape index (κ2) is 5.91. The summed E-state index contributed by atoms with van der Waals surface area (Å²) in [7, 11) is 0. The van der Waals surface area contributed by atoms with Gasteiger partial charge in [0.15, 0.2) is 0 Å². The van der Waals surface area contributed by atoms with Crippen LogP contribution in [0.2, 0.25) is 0 Å². The molecular weight excluding hydrogens is 274 g/mol. The molecule has 0 aliphatic rings. The zero-order valence-electron chi connectivity index (χ0n) is 11.6. The van der Waals surface area contributed by atoms with Crippen LogP contribution < -0.4 is 11.1 Å². The van der Waals surface area contributed by atoms with E-state index >= 15 is 0 Å². The number of carbonyl (C=O) groups excluding carboxylic acids is 1. The van der Waals surface area contributed by atoms with Gasteiger partial charge in [0.25, 0.3) is 0 Å². The number of benzene rings is 2. The highest BCUT2D eigenvalue weighted by atomic mass is 19.1. The van der Waals surface area contributed by atoms with Gasteiger partial charge in [0.1, 0.15) is 17.2 Å². The summed E-state index contributed by atoms with van der Waals surface area (Å²) < 4.78 is 26.1. The third-order valence-corrected chi connectivity index (χ3v) is 3.25. The van der Waals surface area contributed by atoms with Gasteiger partial charge in [-0.15, -0.1) is 0 Å². The Morgan fingerprint density at radius 3 is 2.38 bits per heavy atom. The number of nitrogens with two attached hydrogens (primary N) is 1. The molecule has 1 unspecified atom stereocenters. The standard InChI is InChI=1S/C16H16F2N2O/c1-16(15(19)21,10-11-3-2-4-13(18)9-11)20-14-7-5-12(17)6-8-14/h2-9,20H,10H2,1H3,(H2,19,21). The second-order valence-electron chi connectivity index (χ2n) is 5.13. The molecule has 0 spiro atoms. The average molecular weight is 290 g/mol. The van der Waals surface area contributed by atoms with Gasteiger partial charge in [-0.2, -0.15) is 0 Å². The van der Waals surface area contributed by atoms with Crippen molar-refractivity contribution < 1.29 is 13.6 Å². The van der Waals surface area contributed by atoms with E-state index in [1.54, 1.807) is 19.1 Å². The van der Waals surface area contributed by atoms with Gasteiger partial charge < -0.3 is 11.1 Å². The fraction of sp³-hybridized carbons (Fsp3) is 0.188. The van der Waals surface area contributed by atoms with Crippen LogP contribution in [-0.4, -0.2) is 11.4 Å². The molecule has 0 saturated heterocycles. The zero-order valence-corrected chi connectivity index (χ0v) is 11.6. The molecule has 5 heteroatoms. The molecular formula is C16H16F2N2O. The van der Waals surface area contributed by atoms with Crippen LogP contribution in [0.1, 0.15) is 12.5 Å². The van der Waals surface area contributed by atoms with Crippen LogP contribution in [0.25, 0.3) is 0 Å². The summed E-state index contributed by atoms with van der Waals surface area (Å²) in [5.41, 5.74) is 5.57. The van der Waals surface area contributed by atoms with Crippen LogP contribution in [0.3, 0.4) is 0 Å². The molecule has 1 amide bonds. The molecule has 3 N–H and O–H groups in total. The van der Waals surface area contributed by atoms with Crippen molar-refractivity contribution in [3.63, 3.8) is 0 Å². The van der Waals surface area contributed by atoms with E-state index in [9.17, 15) is 13.6 Å². The highest BCUT2D eigenvalue weighted by Crippen LogP contribution is 2.20. The summed E-state index contributed by atoms with van der Waals surface area (Å²) in [4.78, 5) is 11.8. The highest BCUT2D eigenvalue weighted by molar-refractivity contribution is 5.87. The normalized spacial score (nSPS) is 13.5. The Hall–Kier alpha value is -2.43. The van der Waals surface area contributed by atoms with Crippen LogP contribution >= 0.6 is 0 Å². The van der Waals surface area contributed by atoms with Gasteiger partial charge in [-0.1, -0.05) is 12.1 Å². The van der Waals surface area contributed by atoms with Crippen LogP contribution in [0.5, 0.6) is 0 Å². The summed E-state index contributed by atoms with van der Waals surface area (Å²) in [6, 6.07) is 11.6. The molecule has 1 atom stereocenters. The van der Waals surface area contributed by atoms with Crippen molar-refractivity contribution in [2.75, 3.05) is 5.32 Å². The first-order chi connectivity index (χ1) is 9.89. The number of primary amides is 1. The Bertz CT molecular complexity index is 643. The first kappa shape index (κ1) is 15.0. The van der Waals surface area contributed by atoms with Crippen molar-refractivity contribution in [2.45, 2.75) is 18.9 Å². The fourth-order valence-electron chi connectivity index (χ4n) is 2.10. The van der Waals surface area contributed by atoms with Crippen molar-refractivity contribution in [3.8, 4) is 0 Å². The number of hydrogen-bond acceptors (Lipinski definition) is 2. The summed E-state index contributed by atoms with van der Waals surface area (Å²) in [5.74, 6) is -1.32. The Labute approximate surface area is 121 Å². The van der Waals surface area contributed by atoms with Crippen LogP contribution in [-0.2, 0) is 11.2 Å². The zero-order chi connectivity index (χ0) is 15.5. The number of anilines is 1. The first-order valence-electron chi connectivity index (χ1n) is 6.47. The van der Waals surface area contributed by atoms with Gasteiger partial charge in [0.2, 0.25) is 5.91 Å². The third kappa shape index (κ3) is 3.78. The number of hydrogen-bond donors (Lipinski definition) is 2. The molecule has 0 heterocycles. The van der Waals surface area contributed by atoms with Crippen molar-refractivity contribution >= 4 is 11.6 Å². The molecule has 2 aromatic carbocycles. The molecule has 0 aromatic heterocycles. The van der Waals surface area contributed by atoms with Crippen molar-refractivity contribution in [1.82, 2.24) is 0 Å². The van der Waals surface area contributed by atoms with E-state index in [-0.39, 0.29) is 18.1 Å². The fourth-order valence-corrected chi connectivity index (χ4v) is 2.10. The van der Waals surface area contributed by atoms with Crippen LogP contribution in [0.4, 0.5) is 14.5 Å². The van der Waals surface area contributed by atoms with Gasteiger partial charge in [-0.25, -0.2) is 8.78 Å². The van der Waals surface area contributed by atoms with E-state index in [0.29, 0.717) is 11.3 Å². The molecule has 0 aliphatic heterocycles. The van der Waals surface area contributed by atoms with Gasteiger partial charge in [0, 0.05) is 12.1 Å². The number of halogens is 2. The Kier molecular flexibility index (Phi) is 4.21. The largest absolute Gasteiger partial charge is 0.371 e.